The minimum absolute atomic E-state index is 0.0437. The number of carbonyl (C=O) groups excluding carboxylic acids is 1. The van der Waals surface area contributed by atoms with E-state index in [-0.39, 0.29) is 17.1 Å². The Hall–Kier alpha value is -4.01. The first-order valence-corrected chi connectivity index (χ1v) is 9.59. The molecule has 0 atom stereocenters. The number of aromatic carboxylic acids is 1. The van der Waals surface area contributed by atoms with Crippen LogP contribution in [0.15, 0.2) is 73.1 Å². The fraction of sp³-hybridized carbons (Fsp3) is 0.130. The van der Waals surface area contributed by atoms with Gasteiger partial charge >= 0.3 is 6.18 Å². The molecule has 0 unspecified atom stereocenters. The van der Waals surface area contributed by atoms with E-state index in [1.165, 1.54) is 24.4 Å². The Bertz CT molecular complexity index is 1270. The molecule has 0 saturated carbocycles. The molecule has 2 aromatic carbocycles. The van der Waals surface area contributed by atoms with Crippen molar-refractivity contribution in [1.29, 1.82) is 0 Å². The van der Waals surface area contributed by atoms with Crippen LogP contribution < -0.4 is 15.2 Å². The number of nitrogens with zero attached hydrogens (tertiary/aromatic N) is 2. The van der Waals surface area contributed by atoms with Crippen LogP contribution in [-0.2, 0) is 6.54 Å². The number of anilines is 2. The van der Waals surface area contributed by atoms with Gasteiger partial charge in [-0.2, -0.15) is 13.2 Å². The van der Waals surface area contributed by atoms with Crippen LogP contribution in [-0.4, -0.2) is 28.3 Å². The monoisotopic (exact) mass is 440 g/mol. The molecule has 2 aromatic heterocycles. The van der Waals surface area contributed by atoms with Crippen LogP contribution in [0.1, 0.15) is 15.9 Å². The summed E-state index contributed by atoms with van der Waals surface area (Å²) in [6.07, 6.45) is -1.04. The van der Waals surface area contributed by atoms with Crippen LogP contribution in [0, 0.1) is 0 Å². The number of hydrogen-bond donors (Lipinski definition) is 1. The maximum atomic E-state index is 12.4. The lowest BCUT2D eigenvalue weighted by molar-refractivity contribution is -0.254. The van der Waals surface area contributed by atoms with Crippen molar-refractivity contribution in [3.63, 3.8) is 0 Å². The summed E-state index contributed by atoms with van der Waals surface area (Å²) in [5.74, 6) is -0.988. The molecule has 0 aliphatic carbocycles. The predicted octanol–water partition coefficient (Wildman–Crippen LogP) is 4.13. The maximum Gasteiger partial charge on any atom is 0.422 e. The summed E-state index contributed by atoms with van der Waals surface area (Å²) in [6.45, 7) is -0.900. The quantitative estimate of drug-likeness (QED) is 0.468. The number of rotatable bonds is 7. The fourth-order valence-electron chi connectivity index (χ4n) is 3.32. The third kappa shape index (κ3) is 5.00. The van der Waals surface area contributed by atoms with E-state index < -0.39 is 18.8 Å². The van der Waals surface area contributed by atoms with Crippen molar-refractivity contribution in [2.75, 3.05) is 11.9 Å². The van der Waals surface area contributed by atoms with Gasteiger partial charge in [0.05, 0.1) is 5.97 Å². The minimum Gasteiger partial charge on any atom is -0.545 e. The minimum atomic E-state index is -4.39. The van der Waals surface area contributed by atoms with Gasteiger partial charge in [0.15, 0.2) is 6.61 Å². The van der Waals surface area contributed by atoms with Crippen molar-refractivity contribution in [3.05, 3.63) is 84.2 Å². The van der Waals surface area contributed by atoms with Gasteiger partial charge in [-0.25, -0.2) is 4.98 Å². The number of carboxylic acids is 1. The molecule has 0 aliphatic heterocycles. The van der Waals surface area contributed by atoms with E-state index in [1.807, 2.05) is 35.0 Å². The topological polar surface area (TPSA) is 79.2 Å². The van der Waals surface area contributed by atoms with E-state index in [0.29, 0.717) is 12.2 Å². The van der Waals surface area contributed by atoms with Gasteiger partial charge in [0, 0.05) is 41.1 Å². The SMILES string of the molecule is O=C([O-])c1cccnc1Nc1ccc2c(ccn2Cc2cccc(OCC(F)(F)F)c2)c1. The lowest BCUT2D eigenvalue weighted by atomic mass is 10.2. The van der Waals surface area contributed by atoms with Gasteiger partial charge in [-0.3, -0.25) is 0 Å². The Labute approximate surface area is 180 Å². The van der Waals surface area contributed by atoms with Crippen LogP contribution >= 0.6 is 0 Å². The third-order valence-electron chi connectivity index (χ3n) is 4.72. The average molecular weight is 440 g/mol. The molecule has 4 aromatic rings. The Morgan fingerprint density at radius 3 is 2.72 bits per heavy atom. The Kier molecular flexibility index (Phi) is 5.72. The molecule has 4 rings (SSSR count). The number of nitrogens with one attached hydrogen (secondary N) is 1. The first-order chi connectivity index (χ1) is 15.3. The second kappa shape index (κ2) is 8.62. The molecule has 0 radical (unpaired) electrons. The maximum absolute atomic E-state index is 12.4. The second-order valence-electron chi connectivity index (χ2n) is 7.08. The standard InChI is InChI=1S/C23H18F3N3O3/c24-23(25,26)14-32-18-4-1-3-15(11-18)13-29-10-8-16-12-17(6-7-20(16)29)28-21-19(22(30)31)5-2-9-27-21/h1-12H,13-14H2,(H,27,28)(H,30,31)/p-1. The number of carboxylic acid groups (broad SMARTS) is 1. The molecule has 6 nitrogen and oxygen atoms in total. The van der Waals surface area contributed by atoms with Crippen molar-refractivity contribution in [2.45, 2.75) is 12.7 Å². The number of fused-ring (bicyclic) bond motifs is 1. The van der Waals surface area contributed by atoms with E-state index in [9.17, 15) is 23.1 Å². The molecule has 0 saturated heterocycles. The normalized spacial score (nSPS) is 11.5. The van der Waals surface area contributed by atoms with Gasteiger partial charge < -0.3 is 24.5 Å². The largest absolute Gasteiger partial charge is 0.545 e. The summed E-state index contributed by atoms with van der Waals surface area (Å²) in [6, 6.07) is 16.8. The number of benzene rings is 2. The first kappa shape index (κ1) is 21.2. The van der Waals surface area contributed by atoms with E-state index in [0.717, 1.165) is 16.5 Å². The highest BCUT2D eigenvalue weighted by molar-refractivity contribution is 5.93. The number of halogens is 3. The number of alkyl halides is 3. The molecule has 0 bridgehead atoms. The molecule has 0 fully saturated rings. The van der Waals surface area contributed by atoms with Gasteiger partial charge in [-0.05, 0) is 54.1 Å². The zero-order valence-corrected chi connectivity index (χ0v) is 16.6. The third-order valence-corrected chi connectivity index (χ3v) is 4.72. The van der Waals surface area contributed by atoms with Crippen molar-refractivity contribution in [1.82, 2.24) is 9.55 Å². The van der Waals surface area contributed by atoms with Crippen molar-refractivity contribution in [2.24, 2.45) is 0 Å². The van der Waals surface area contributed by atoms with Crippen molar-refractivity contribution < 1.29 is 27.8 Å². The lowest BCUT2D eigenvalue weighted by Crippen LogP contribution is -2.23. The zero-order valence-electron chi connectivity index (χ0n) is 16.6. The number of aromatic nitrogens is 2. The van der Waals surface area contributed by atoms with Gasteiger partial charge in [0.1, 0.15) is 11.6 Å². The first-order valence-electron chi connectivity index (χ1n) is 9.59. The Balaban J connectivity index is 1.52. The summed E-state index contributed by atoms with van der Waals surface area (Å²) in [5.41, 5.74) is 2.30. The summed E-state index contributed by atoms with van der Waals surface area (Å²) < 4.78 is 43.9. The van der Waals surface area contributed by atoms with Gasteiger partial charge in [-0.1, -0.05) is 12.1 Å². The van der Waals surface area contributed by atoms with Gasteiger partial charge in [0.25, 0.3) is 0 Å². The Morgan fingerprint density at radius 2 is 1.94 bits per heavy atom. The summed E-state index contributed by atoms with van der Waals surface area (Å²) in [5, 5.41) is 15.1. The highest BCUT2D eigenvalue weighted by Gasteiger charge is 2.28. The lowest BCUT2D eigenvalue weighted by Gasteiger charge is -2.12. The molecular weight excluding hydrogens is 423 g/mol. The van der Waals surface area contributed by atoms with E-state index in [4.69, 9.17) is 4.74 Å². The smallest absolute Gasteiger partial charge is 0.422 e. The highest BCUT2D eigenvalue weighted by Crippen LogP contribution is 2.25. The Morgan fingerprint density at radius 1 is 1.09 bits per heavy atom. The van der Waals surface area contributed by atoms with E-state index in [2.05, 4.69) is 10.3 Å². The molecule has 2 heterocycles. The van der Waals surface area contributed by atoms with Gasteiger partial charge in [0.2, 0.25) is 0 Å². The number of ether oxygens (including phenoxy) is 1. The van der Waals surface area contributed by atoms with E-state index >= 15 is 0 Å². The molecule has 0 aliphatic rings. The van der Waals surface area contributed by atoms with Gasteiger partial charge in [-0.15, -0.1) is 0 Å². The molecule has 0 spiro atoms. The average Bonchev–Trinajstić information content (AvgIpc) is 3.14. The van der Waals surface area contributed by atoms with Crippen LogP contribution in [0.3, 0.4) is 0 Å². The summed E-state index contributed by atoms with van der Waals surface area (Å²) >= 11 is 0. The van der Waals surface area contributed by atoms with Crippen LogP contribution in [0.2, 0.25) is 0 Å². The van der Waals surface area contributed by atoms with Crippen LogP contribution in [0.25, 0.3) is 10.9 Å². The molecule has 32 heavy (non-hydrogen) atoms. The molecule has 164 valence electrons. The molecule has 9 heteroatoms. The summed E-state index contributed by atoms with van der Waals surface area (Å²) in [4.78, 5) is 15.3. The van der Waals surface area contributed by atoms with Crippen LogP contribution in [0.5, 0.6) is 5.75 Å². The second-order valence-corrected chi connectivity index (χ2v) is 7.08. The predicted molar refractivity (Wildman–Crippen MR) is 111 cm³/mol. The number of pyridine rings is 1. The fourth-order valence-corrected chi connectivity index (χ4v) is 3.32. The highest BCUT2D eigenvalue weighted by atomic mass is 19.4. The van der Waals surface area contributed by atoms with Crippen molar-refractivity contribution in [3.8, 4) is 5.75 Å². The number of hydrogen-bond acceptors (Lipinski definition) is 5. The molecule has 0 amide bonds. The molecule has 1 N–H and O–H groups in total. The van der Waals surface area contributed by atoms with Crippen molar-refractivity contribution >= 4 is 28.4 Å². The van der Waals surface area contributed by atoms with E-state index in [1.54, 1.807) is 18.2 Å². The number of carbonyl (C=O) groups is 1. The molecular formula is C23H17F3N3O3-. The van der Waals surface area contributed by atoms with Crippen LogP contribution in [0.4, 0.5) is 24.7 Å². The zero-order chi connectivity index (χ0) is 22.7. The summed E-state index contributed by atoms with van der Waals surface area (Å²) in [7, 11) is 0.